The number of rotatable bonds is 4. The van der Waals surface area contributed by atoms with E-state index < -0.39 is 0 Å². The molecule has 1 saturated heterocycles. The van der Waals surface area contributed by atoms with E-state index in [2.05, 4.69) is 31.4 Å². The van der Waals surface area contributed by atoms with Gasteiger partial charge in [-0.15, -0.1) is 0 Å². The van der Waals surface area contributed by atoms with Gasteiger partial charge in [0.15, 0.2) is 6.61 Å². The molecule has 20 heavy (non-hydrogen) atoms. The highest BCUT2D eigenvalue weighted by Gasteiger charge is 2.20. The standard InChI is InChI=1S/C16H24N2O2/c1-16(2,3)13-6-4-5-7-14(13)20-11-15(19)18-12-8-9-17-10-12/h4-7,12,17H,8-11H2,1-3H3,(H,18,19). The summed E-state index contributed by atoms with van der Waals surface area (Å²) in [5.74, 6) is 0.738. The molecule has 1 unspecified atom stereocenters. The van der Waals surface area contributed by atoms with Crippen LogP contribution in [0.15, 0.2) is 24.3 Å². The van der Waals surface area contributed by atoms with Crippen molar-refractivity contribution in [3.8, 4) is 5.75 Å². The highest BCUT2D eigenvalue weighted by Crippen LogP contribution is 2.30. The van der Waals surface area contributed by atoms with Crippen molar-refractivity contribution in [2.75, 3.05) is 19.7 Å². The number of ether oxygens (including phenoxy) is 1. The fraction of sp³-hybridized carbons (Fsp3) is 0.562. The van der Waals surface area contributed by atoms with Gasteiger partial charge in [0, 0.05) is 12.6 Å². The maximum atomic E-state index is 11.9. The van der Waals surface area contributed by atoms with Crippen LogP contribution in [0.4, 0.5) is 0 Å². The summed E-state index contributed by atoms with van der Waals surface area (Å²) in [5.41, 5.74) is 1.12. The minimum absolute atomic E-state index is 0.00242. The Morgan fingerprint density at radius 2 is 2.15 bits per heavy atom. The van der Waals surface area contributed by atoms with Crippen LogP contribution in [-0.4, -0.2) is 31.6 Å². The third kappa shape index (κ3) is 3.97. The number of carbonyl (C=O) groups is 1. The molecule has 1 fully saturated rings. The van der Waals surface area contributed by atoms with Gasteiger partial charge < -0.3 is 15.4 Å². The van der Waals surface area contributed by atoms with Crippen LogP contribution in [-0.2, 0) is 10.2 Å². The summed E-state index contributed by atoms with van der Waals surface area (Å²) < 4.78 is 5.70. The van der Waals surface area contributed by atoms with Crippen LogP contribution < -0.4 is 15.4 Å². The lowest BCUT2D eigenvalue weighted by Gasteiger charge is -2.22. The first kappa shape index (κ1) is 14.9. The van der Waals surface area contributed by atoms with Crippen molar-refractivity contribution in [1.29, 1.82) is 0 Å². The molecule has 2 rings (SSSR count). The van der Waals surface area contributed by atoms with Gasteiger partial charge in [-0.2, -0.15) is 0 Å². The molecule has 0 bridgehead atoms. The lowest BCUT2D eigenvalue weighted by molar-refractivity contribution is -0.123. The number of carbonyl (C=O) groups excluding carboxylic acids is 1. The smallest absolute Gasteiger partial charge is 0.258 e. The quantitative estimate of drug-likeness (QED) is 0.882. The van der Waals surface area contributed by atoms with E-state index in [1.54, 1.807) is 0 Å². The van der Waals surface area contributed by atoms with Crippen molar-refractivity contribution in [2.24, 2.45) is 0 Å². The molecule has 4 heteroatoms. The minimum Gasteiger partial charge on any atom is -0.483 e. The van der Waals surface area contributed by atoms with Crippen molar-refractivity contribution in [3.63, 3.8) is 0 Å². The molecular weight excluding hydrogens is 252 g/mol. The van der Waals surface area contributed by atoms with Crippen molar-refractivity contribution in [2.45, 2.75) is 38.6 Å². The van der Waals surface area contributed by atoms with Gasteiger partial charge in [0.25, 0.3) is 5.91 Å². The van der Waals surface area contributed by atoms with Gasteiger partial charge in [0.1, 0.15) is 5.75 Å². The molecule has 0 saturated carbocycles. The lowest BCUT2D eigenvalue weighted by Crippen LogP contribution is -2.39. The molecule has 0 spiro atoms. The number of hydrogen-bond acceptors (Lipinski definition) is 3. The summed E-state index contributed by atoms with van der Waals surface area (Å²) in [5, 5.41) is 6.21. The second kappa shape index (κ2) is 6.27. The van der Waals surface area contributed by atoms with E-state index in [-0.39, 0.29) is 24.0 Å². The van der Waals surface area contributed by atoms with Gasteiger partial charge >= 0.3 is 0 Å². The van der Waals surface area contributed by atoms with Crippen LogP contribution >= 0.6 is 0 Å². The number of benzene rings is 1. The fourth-order valence-corrected chi connectivity index (χ4v) is 2.40. The largest absolute Gasteiger partial charge is 0.483 e. The average Bonchev–Trinajstić information content (AvgIpc) is 2.88. The summed E-state index contributed by atoms with van der Waals surface area (Å²) in [7, 11) is 0. The Morgan fingerprint density at radius 1 is 1.40 bits per heavy atom. The maximum absolute atomic E-state index is 11.9. The van der Waals surface area contributed by atoms with Crippen molar-refractivity contribution >= 4 is 5.91 Å². The second-order valence-electron chi connectivity index (χ2n) is 6.29. The van der Waals surface area contributed by atoms with E-state index in [0.29, 0.717) is 0 Å². The molecule has 1 atom stereocenters. The zero-order valence-corrected chi connectivity index (χ0v) is 12.5. The molecule has 2 N–H and O–H groups in total. The summed E-state index contributed by atoms with van der Waals surface area (Å²) in [6.07, 6.45) is 0.990. The average molecular weight is 276 g/mol. The molecule has 1 aliphatic heterocycles. The Balaban J connectivity index is 1.92. The molecule has 1 amide bonds. The predicted octanol–water partition coefficient (Wildman–Crippen LogP) is 1.84. The van der Waals surface area contributed by atoms with Crippen LogP contribution in [0.25, 0.3) is 0 Å². The normalized spacial score (nSPS) is 18.9. The molecule has 4 nitrogen and oxygen atoms in total. The van der Waals surface area contributed by atoms with E-state index in [0.717, 1.165) is 30.8 Å². The van der Waals surface area contributed by atoms with E-state index >= 15 is 0 Å². The van der Waals surface area contributed by atoms with E-state index in [4.69, 9.17) is 4.74 Å². The molecular formula is C16H24N2O2. The lowest BCUT2D eigenvalue weighted by atomic mass is 9.86. The van der Waals surface area contributed by atoms with Crippen LogP contribution in [0.1, 0.15) is 32.8 Å². The van der Waals surface area contributed by atoms with Gasteiger partial charge in [-0.1, -0.05) is 39.0 Å². The Labute approximate surface area is 120 Å². The molecule has 1 heterocycles. The number of hydrogen-bond donors (Lipinski definition) is 2. The third-order valence-electron chi connectivity index (χ3n) is 3.48. The summed E-state index contributed by atoms with van der Waals surface area (Å²) in [6.45, 7) is 8.31. The summed E-state index contributed by atoms with van der Waals surface area (Å²) >= 11 is 0. The van der Waals surface area contributed by atoms with Crippen LogP contribution in [0.2, 0.25) is 0 Å². The Morgan fingerprint density at radius 3 is 2.80 bits per heavy atom. The van der Waals surface area contributed by atoms with Crippen LogP contribution in [0.5, 0.6) is 5.75 Å². The van der Waals surface area contributed by atoms with E-state index in [1.165, 1.54) is 0 Å². The first-order chi connectivity index (χ1) is 9.47. The third-order valence-corrected chi connectivity index (χ3v) is 3.48. The van der Waals surface area contributed by atoms with Crippen LogP contribution in [0.3, 0.4) is 0 Å². The van der Waals surface area contributed by atoms with Crippen molar-refractivity contribution in [1.82, 2.24) is 10.6 Å². The summed E-state index contributed by atoms with van der Waals surface area (Å²) in [6, 6.07) is 8.14. The Kier molecular flexibility index (Phi) is 4.65. The zero-order chi connectivity index (χ0) is 14.6. The Hall–Kier alpha value is -1.55. The highest BCUT2D eigenvalue weighted by atomic mass is 16.5. The molecule has 1 aromatic rings. The minimum atomic E-state index is -0.0533. The maximum Gasteiger partial charge on any atom is 0.258 e. The first-order valence-corrected chi connectivity index (χ1v) is 7.19. The predicted molar refractivity (Wildman–Crippen MR) is 80.1 cm³/mol. The monoisotopic (exact) mass is 276 g/mol. The molecule has 0 radical (unpaired) electrons. The number of nitrogens with one attached hydrogen (secondary N) is 2. The highest BCUT2D eigenvalue weighted by molar-refractivity contribution is 5.78. The molecule has 1 aliphatic rings. The molecule has 0 aromatic heterocycles. The molecule has 110 valence electrons. The molecule has 0 aliphatic carbocycles. The first-order valence-electron chi connectivity index (χ1n) is 7.19. The van der Waals surface area contributed by atoms with Gasteiger partial charge in [0.2, 0.25) is 0 Å². The van der Waals surface area contributed by atoms with Gasteiger partial charge in [0.05, 0.1) is 0 Å². The SMILES string of the molecule is CC(C)(C)c1ccccc1OCC(=O)NC1CCNC1. The van der Waals surface area contributed by atoms with Gasteiger partial charge in [-0.05, 0) is 30.0 Å². The second-order valence-corrected chi connectivity index (χ2v) is 6.29. The van der Waals surface area contributed by atoms with Crippen molar-refractivity contribution in [3.05, 3.63) is 29.8 Å². The zero-order valence-electron chi connectivity index (χ0n) is 12.5. The van der Waals surface area contributed by atoms with Crippen molar-refractivity contribution < 1.29 is 9.53 Å². The summed E-state index contributed by atoms with van der Waals surface area (Å²) in [4.78, 5) is 11.9. The topological polar surface area (TPSA) is 50.4 Å². The van der Waals surface area contributed by atoms with E-state index in [1.807, 2.05) is 24.3 Å². The molecule has 1 aromatic carbocycles. The fourth-order valence-electron chi connectivity index (χ4n) is 2.40. The van der Waals surface area contributed by atoms with Crippen LogP contribution in [0, 0.1) is 0 Å². The Bertz CT molecular complexity index is 460. The van der Waals surface area contributed by atoms with E-state index in [9.17, 15) is 4.79 Å². The number of amides is 1. The van der Waals surface area contributed by atoms with Gasteiger partial charge in [-0.25, -0.2) is 0 Å². The number of para-hydroxylation sites is 1. The van der Waals surface area contributed by atoms with Gasteiger partial charge in [-0.3, -0.25) is 4.79 Å².